The highest BCUT2D eigenvalue weighted by molar-refractivity contribution is 5.67. The second-order valence-corrected chi connectivity index (χ2v) is 5.65. The van der Waals surface area contributed by atoms with Gasteiger partial charge in [-0.05, 0) is 38.1 Å². The molecule has 0 spiro atoms. The predicted octanol–water partition coefficient (Wildman–Crippen LogP) is 2.31. The number of aryl methyl sites for hydroxylation is 1. The standard InChI is InChI=1S/C14H22N2O3/c1-10(6-14(17)18)12-4-3-5-16(8-12)9-13-7-11(2)15-19-13/h7,10,12H,3-6,8-9H2,1-2H3,(H,17,18). The molecule has 2 rings (SSSR count). The highest BCUT2D eigenvalue weighted by atomic mass is 16.5. The zero-order valence-corrected chi connectivity index (χ0v) is 11.6. The average molecular weight is 266 g/mol. The van der Waals surface area contributed by atoms with E-state index in [0.29, 0.717) is 5.92 Å². The van der Waals surface area contributed by atoms with Gasteiger partial charge in [-0.2, -0.15) is 0 Å². The van der Waals surface area contributed by atoms with Crippen molar-refractivity contribution in [2.75, 3.05) is 13.1 Å². The lowest BCUT2D eigenvalue weighted by Gasteiger charge is -2.34. The lowest BCUT2D eigenvalue weighted by atomic mass is 9.84. The Kier molecular flexibility index (Phi) is 4.58. The summed E-state index contributed by atoms with van der Waals surface area (Å²) in [6.45, 7) is 6.74. The van der Waals surface area contributed by atoms with Gasteiger partial charge in [0.2, 0.25) is 0 Å². The normalized spacial score (nSPS) is 22.3. The first-order chi connectivity index (χ1) is 9.04. The van der Waals surface area contributed by atoms with E-state index in [0.717, 1.165) is 43.9 Å². The van der Waals surface area contributed by atoms with E-state index in [2.05, 4.69) is 10.1 Å². The molecule has 1 aromatic heterocycles. The monoisotopic (exact) mass is 266 g/mol. The van der Waals surface area contributed by atoms with Crippen molar-refractivity contribution in [3.8, 4) is 0 Å². The molecule has 2 unspecified atom stereocenters. The number of carbonyl (C=O) groups is 1. The molecular weight excluding hydrogens is 244 g/mol. The third kappa shape index (κ3) is 4.06. The summed E-state index contributed by atoms with van der Waals surface area (Å²) in [5, 5.41) is 12.8. The van der Waals surface area contributed by atoms with Gasteiger partial charge in [0, 0.05) is 19.0 Å². The Hall–Kier alpha value is -1.36. The minimum atomic E-state index is -0.699. The molecule has 1 fully saturated rings. The number of aliphatic carboxylic acids is 1. The first-order valence-electron chi connectivity index (χ1n) is 6.91. The highest BCUT2D eigenvalue weighted by Crippen LogP contribution is 2.27. The summed E-state index contributed by atoms with van der Waals surface area (Å²) in [6, 6.07) is 1.96. The summed E-state index contributed by atoms with van der Waals surface area (Å²) in [5.74, 6) is 0.894. The van der Waals surface area contributed by atoms with Crippen LogP contribution in [0.25, 0.3) is 0 Å². The number of rotatable bonds is 5. The van der Waals surface area contributed by atoms with Gasteiger partial charge in [0.1, 0.15) is 0 Å². The lowest BCUT2D eigenvalue weighted by Crippen LogP contribution is -2.37. The van der Waals surface area contributed by atoms with Crippen molar-refractivity contribution in [3.63, 3.8) is 0 Å². The van der Waals surface area contributed by atoms with Crippen LogP contribution in [-0.2, 0) is 11.3 Å². The van der Waals surface area contributed by atoms with Gasteiger partial charge >= 0.3 is 5.97 Å². The molecule has 2 atom stereocenters. The van der Waals surface area contributed by atoms with Gasteiger partial charge in [-0.1, -0.05) is 12.1 Å². The lowest BCUT2D eigenvalue weighted by molar-refractivity contribution is -0.138. The smallest absolute Gasteiger partial charge is 0.303 e. The molecule has 106 valence electrons. The fraction of sp³-hybridized carbons (Fsp3) is 0.714. The van der Waals surface area contributed by atoms with Crippen molar-refractivity contribution in [3.05, 3.63) is 17.5 Å². The van der Waals surface area contributed by atoms with Crippen LogP contribution in [0.5, 0.6) is 0 Å². The molecule has 1 aliphatic heterocycles. The molecule has 0 radical (unpaired) electrons. The summed E-state index contributed by atoms with van der Waals surface area (Å²) in [6.07, 6.45) is 2.52. The van der Waals surface area contributed by atoms with Crippen molar-refractivity contribution < 1.29 is 14.4 Å². The number of carboxylic acids is 1. The molecule has 2 heterocycles. The van der Waals surface area contributed by atoms with Gasteiger partial charge in [0.25, 0.3) is 0 Å². The Morgan fingerprint density at radius 2 is 2.47 bits per heavy atom. The first kappa shape index (κ1) is 14.1. The number of nitrogens with zero attached hydrogens (tertiary/aromatic N) is 2. The van der Waals surface area contributed by atoms with Crippen LogP contribution in [0.3, 0.4) is 0 Å². The third-order valence-electron chi connectivity index (χ3n) is 3.90. The Labute approximate surface area is 113 Å². The summed E-state index contributed by atoms with van der Waals surface area (Å²) >= 11 is 0. The van der Waals surface area contributed by atoms with Crippen molar-refractivity contribution in [1.29, 1.82) is 0 Å². The van der Waals surface area contributed by atoms with E-state index >= 15 is 0 Å². The van der Waals surface area contributed by atoms with E-state index in [4.69, 9.17) is 9.63 Å². The maximum atomic E-state index is 10.8. The summed E-state index contributed by atoms with van der Waals surface area (Å²) in [5.41, 5.74) is 0.905. The summed E-state index contributed by atoms with van der Waals surface area (Å²) in [7, 11) is 0. The van der Waals surface area contributed by atoms with E-state index in [1.165, 1.54) is 0 Å². The van der Waals surface area contributed by atoms with E-state index in [-0.39, 0.29) is 12.3 Å². The quantitative estimate of drug-likeness (QED) is 0.885. The van der Waals surface area contributed by atoms with Crippen LogP contribution >= 0.6 is 0 Å². The van der Waals surface area contributed by atoms with Crippen LogP contribution in [0.15, 0.2) is 10.6 Å². The first-order valence-corrected chi connectivity index (χ1v) is 6.91. The molecule has 19 heavy (non-hydrogen) atoms. The number of carboxylic acid groups (broad SMARTS) is 1. The molecule has 0 aromatic carbocycles. The number of likely N-dealkylation sites (tertiary alicyclic amines) is 1. The van der Waals surface area contributed by atoms with E-state index in [1.54, 1.807) is 0 Å². The Bertz CT molecular complexity index is 430. The van der Waals surface area contributed by atoms with Gasteiger partial charge in [-0.25, -0.2) is 0 Å². The molecule has 1 saturated heterocycles. The zero-order chi connectivity index (χ0) is 13.8. The van der Waals surface area contributed by atoms with Crippen molar-refractivity contribution in [1.82, 2.24) is 10.1 Å². The Morgan fingerprint density at radius 1 is 1.68 bits per heavy atom. The SMILES string of the molecule is Cc1cc(CN2CCCC(C(C)CC(=O)O)C2)on1. The molecule has 0 amide bonds. The number of hydrogen-bond acceptors (Lipinski definition) is 4. The Morgan fingerprint density at radius 3 is 3.11 bits per heavy atom. The minimum Gasteiger partial charge on any atom is -0.481 e. The van der Waals surface area contributed by atoms with E-state index < -0.39 is 5.97 Å². The highest BCUT2D eigenvalue weighted by Gasteiger charge is 2.26. The molecule has 5 nitrogen and oxygen atoms in total. The molecular formula is C14H22N2O3. The van der Waals surface area contributed by atoms with E-state index in [1.807, 2.05) is 19.9 Å². The van der Waals surface area contributed by atoms with E-state index in [9.17, 15) is 4.79 Å². The van der Waals surface area contributed by atoms with Gasteiger partial charge < -0.3 is 9.63 Å². The molecule has 1 aromatic rings. The third-order valence-corrected chi connectivity index (χ3v) is 3.90. The largest absolute Gasteiger partial charge is 0.481 e. The van der Waals surface area contributed by atoms with Crippen LogP contribution in [0.1, 0.15) is 37.6 Å². The van der Waals surface area contributed by atoms with Crippen molar-refractivity contribution in [2.24, 2.45) is 11.8 Å². The summed E-state index contributed by atoms with van der Waals surface area (Å²) < 4.78 is 5.24. The van der Waals surface area contributed by atoms with Gasteiger partial charge in [0.15, 0.2) is 5.76 Å². The zero-order valence-electron chi connectivity index (χ0n) is 11.6. The van der Waals surface area contributed by atoms with Crippen LogP contribution < -0.4 is 0 Å². The number of aromatic nitrogens is 1. The molecule has 1 N–H and O–H groups in total. The number of piperidine rings is 1. The van der Waals surface area contributed by atoms with Crippen LogP contribution in [0.4, 0.5) is 0 Å². The minimum absolute atomic E-state index is 0.233. The predicted molar refractivity (Wildman–Crippen MR) is 70.7 cm³/mol. The maximum Gasteiger partial charge on any atom is 0.303 e. The fourth-order valence-corrected chi connectivity index (χ4v) is 2.85. The van der Waals surface area contributed by atoms with Crippen molar-refractivity contribution >= 4 is 5.97 Å². The Balaban J connectivity index is 1.88. The second-order valence-electron chi connectivity index (χ2n) is 5.65. The van der Waals surface area contributed by atoms with Crippen LogP contribution in [-0.4, -0.2) is 34.2 Å². The molecule has 0 aliphatic carbocycles. The van der Waals surface area contributed by atoms with Gasteiger partial charge in [-0.3, -0.25) is 9.69 Å². The molecule has 0 saturated carbocycles. The number of hydrogen-bond donors (Lipinski definition) is 1. The maximum absolute atomic E-state index is 10.8. The fourth-order valence-electron chi connectivity index (χ4n) is 2.85. The van der Waals surface area contributed by atoms with Crippen molar-refractivity contribution in [2.45, 2.75) is 39.7 Å². The summed E-state index contributed by atoms with van der Waals surface area (Å²) in [4.78, 5) is 13.1. The van der Waals surface area contributed by atoms with Crippen LogP contribution in [0, 0.1) is 18.8 Å². The van der Waals surface area contributed by atoms with Crippen LogP contribution in [0.2, 0.25) is 0 Å². The average Bonchev–Trinajstić information content (AvgIpc) is 2.74. The van der Waals surface area contributed by atoms with Gasteiger partial charge in [-0.15, -0.1) is 0 Å². The second kappa shape index (κ2) is 6.19. The molecule has 5 heteroatoms. The molecule has 1 aliphatic rings. The molecule has 0 bridgehead atoms. The van der Waals surface area contributed by atoms with Gasteiger partial charge in [0.05, 0.1) is 12.2 Å². The topological polar surface area (TPSA) is 66.6 Å².